The molecule has 13 heavy (non-hydrogen) atoms. The minimum absolute atomic E-state index is 0.209. The van der Waals surface area contributed by atoms with Crippen LogP contribution in [0.4, 0.5) is 0 Å². The molecule has 1 atom stereocenters. The van der Waals surface area contributed by atoms with Crippen LogP contribution in [0, 0.1) is 5.92 Å². The molecule has 2 nitrogen and oxygen atoms in total. The monoisotopic (exact) mass is 182 g/mol. The highest BCUT2D eigenvalue weighted by molar-refractivity contribution is 5.62. The van der Waals surface area contributed by atoms with Gasteiger partial charge in [0.2, 0.25) is 6.29 Å². The number of hydrogen-bond acceptors (Lipinski definition) is 2. The molecule has 0 saturated heterocycles. The second-order valence-corrected chi connectivity index (χ2v) is 3.37. The van der Waals surface area contributed by atoms with Crippen molar-refractivity contribution >= 4 is 12.6 Å². The Labute approximate surface area is 80.7 Å². The molecule has 0 spiro atoms. The van der Waals surface area contributed by atoms with E-state index in [1.807, 2.05) is 6.29 Å². The van der Waals surface area contributed by atoms with E-state index in [-0.39, 0.29) is 12.3 Å². The van der Waals surface area contributed by atoms with Crippen LogP contribution in [0.1, 0.15) is 51.9 Å². The van der Waals surface area contributed by atoms with Gasteiger partial charge in [-0.25, -0.2) is 0 Å². The molecule has 0 saturated carbocycles. The van der Waals surface area contributed by atoms with Crippen molar-refractivity contribution in [2.45, 2.75) is 51.9 Å². The zero-order valence-electron chi connectivity index (χ0n) is 8.34. The van der Waals surface area contributed by atoms with Gasteiger partial charge in [-0.15, -0.1) is 0 Å². The summed E-state index contributed by atoms with van der Waals surface area (Å²) in [6.07, 6.45) is 10.6. The molecule has 0 N–H and O–H groups in total. The van der Waals surface area contributed by atoms with E-state index in [0.29, 0.717) is 0 Å². The maximum Gasteiger partial charge on any atom is 0.202 e. The SMILES string of the molecule is CCCCCCCC([C]=O)C[C]=O. The van der Waals surface area contributed by atoms with E-state index in [2.05, 4.69) is 6.92 Å². The van der Waals surface area contributed by atoms with E-state index in [0.717, 1.165) is 19.3 Å². The number of carbonyl (C=O) groups excluding carboxylic acids is 2. The van der Waals surface area contributed by atoms with Crippen molar-refractivity contribution in [3.8, 4) is 0 Å². The predicted molar refractivity (Wildman–Crippen MR) is 52.9 cm³/mol. The Morgan fingerprint density at radius 1 is 1.08 bits per heavy atom. The summed E-state index contributed by atoms with van der Waals surface area (Å²) in [4.78, 5) is 20.3. The second-order valence-electron chi connectivity index (χ2n) is 3.37. The summed E-state index contributed by atoms with van der Waals surface area (Å²) in [6, 6.07) is 0. The van der Waals surface area contributed by atoms with E-state index in [1.54, 1.807) is 6.29 Å². The lowest BCUT2D eigenvalue weighted by Crippen LogP contribution is -2.02. The van der Waals surface area contributed by atoms with Crippen LogP contribution in [0.15, 0.2) is 0 Å². The summed E-state index contributed by atoms with van der Waals surface area (Å²) in [5.41, 5.74) is 0. The fourth-order valence-electron chi connectivity index (χ4n) is 1.30. The van der Waals surface area contributed by atoms with Crippen molar-refractivity contribution in [1.29, 1.82) is 0 Å². The minimum atomic E-state index is -0.209. The largest absolute Gasteiger partial charge is 0.291 e. The summed E-state index contributed by atoms with van der Waals surface area (Å²) in [5, 5.41) is 0. The van der Waals surface area contributed by atoms with E-state index >= 15 is 0 Å². The van der Waals surface area contributed by atoms with Crippen LogP contribution in [0.25, 0.3) is 0 Å². The first-order chi connectivity index (χ1) is 6.35. The zero-order valence-corrected chi connectivity index (χ0v) is 8.34. The Morgan fingerprint density at radius 2 is 1.77 bits per heavy atom. The van der Waals surface area contributed by atoms with Crippen molar-refractivity contribution in [2.24, 2.45) is 5.92 Å². The highest BCUT2D eigenvalue weighted by Crippen LogP contribution is 2.11. The first kappa shape index (κ1) is 12.3. The number of rotatable bonds is 9. The van der Waals surface area contributed by atoms with Crippen LogP contribution in [0.2, 0.25) is 0 Å². The third-order valence-electron chi connectivity index (χ3n) is 2.15. The topological polar surface area (TPSA) is 34.1 Å². The van der Waals surface area contributed by atoms with Gasteiger partial charge in [0.1, 0.15) is 0 Å². The molecule has 0 aliphatic heterocycles. The van der Waals surface area contributed by atoms with Crippen molar-refractivity contribution in [1.82, 2.24) is 0 Å². The molecule has 2 radical (unpaired) electrons. The van der Waals surface area contributed by atoms with Gasteiger partial charge >= 0.3 is 0 Å². The van der Waals surface area contributed by atoms with Gasteiger partial charge in [0.15, 0.2) is 6.29 Å². The maximum atomic E-state index is 10.3. The van der Waals surface area contributed by atoms with Crippen LogP contribution in [-0.2, 0) is 9.59 Å². The van der Waals surface area contributed by atoms with E-state index in [1.165, 1.54) is 19.3 Å². The molecule has 0 aromatic carbocycles. The molecule has 0 heterocycles. The van der Waals surface area contributed by atoms with Crippen molar-refractivity contribution < 1.29 is 9.59 Å². The summed E-state index contributed by atoms with van der Waals surface area (Å²) in [5.74, 6) is -0.209. The fourth-order valence-corrected chi connectivity index (χ4v) is 1.30. The van der Waals surface area contributed by atoms with Crippen LogP contribution < -0.4 is 0 Å². The Balaban J connectivity index is 3.27. The third-order valence-corrected chi connectivity index (χ3v) is 2.15. The molecule has 0 bridgehead atoms. The molecule has 2 heteroatoms. The summed E-state index contributed by atoms with van der Waals surface area (Å²) in [7, 11) is 0. The van der Waals surface area contributed by atoms with Gasteiger partial charge in [0.25, 0.3) is 0 Å². The molecule has 74 valence electrons. The van der Waals surface area contributed by atoms with Gasteiger partial charge in [-0.05, 0) is 6.42 Å². The van der Waals surface area contributed by atoms with Crippen molar-refractivity contribution in [2.75, 3.05) is 0 Å². The molecule has 0 fully saturated rings. The molecule has 0 rings (SSSR count). The smallest absolute Gasteiger partial charge is 0.202 e. The van der Waals surface area contributed by atoms with E-state index in [4.69, 9.17) is 0 Å². The Kier molecular flexibility index (Phi) is 8.95. The van der Waals surface area contributed by atoms with Crippen LogP contribution in [-0.4, -0.2) is 12.6 Å². The van der Waals surface area contributed by atoms with Crippen LogP contribution in [0.5, 0.6) is 0 Å². The van der Waals surface area contributed by atoms with Gasteiger partial charge in [-0.3, -0.25) is 9.59 Å². The van der Waals surface area contributed by atoms with Gasteiger partial charge in [-0.2, -0.15) is 0 Å². The first-order valence-electron chi connectivity index (χ1n) is 5.07. The zero-order chi connectivity index (χ0) is 9.94. The molecule has 0 aliphatic carbocycles. The third kappa shape index (κ3) is 7.69. The second kappa shape index (κ2) is 9.43. The quantitative estimate of drug-likeness (QED) is 0.513. The van der Waals surface area contributed by atoms with Gasteiger partial charge in [0.05, 0.1) is 0 Å². The lowest BCUT2D eigenvalue weighted by molar-refractivity contribution is 0.481. The molecule has 1 unspecified atom stereocenters. The van der Waals surface area contributed by atoms with Gasteiger partial charge < -0.3 is 0 Å². The summed E-state index contributed by atoms with van der Waals surface area (Å²) >= 11 is 0. The molecule has 0 aromatic heterocycles. The average Bonchev–Trinajstić information content (AvgIpc) is 2.16. The highest BCUT2D eigenvalue weighted by atomic mass is 16.1. The lowest BCUT2D eigenvalue weighted by atomic mass is 9.99. The standard InChI is InChI=1S/C11H18O2/c1-2-3-4-5-6-7-11(10-13)8-9-12/h11H,2-8H2,1H3. The van der Waals surface area contributed by atoms with E-state index in [9.17, 15) is 9.59 Å². The Bertz CT molecular complexity index is 132. The van der Waals surface area contributed by atoms with Crippen molar-refractivity contribution in [3.63, 3.8) is 0 Å². The molecule has 0 amide bonds. The van der Waals surface area contributed by atoms with Crippen LogP contribution >= 0.6 is 0 Å². The predicted octanol–water partition coefficient (Wildman–Crippen LogP) is 2.57. The molecular formula is C11H18O2. The Morgan fingerprint density at radius 3 is 2.31 bits per heavy atom. The van der Waals surface area contributed by atoms with Gasteiger partial charge in [-0.1, -0.05) is 39.0 Å². The summed E-state index contributed by atoms with van der Waals surface area (Å²) in [6.45, 7) is 2.17. The average molecular weight is 182 g/mol. The minimum Gasteiger partial charge on any atom is -0.291 e. The molecule has 0 aliphatic rings. The lowest BCUT2D eigenvalue weighted by Gasteiger charge is -2.03. The van der Waals surface area contributed by atoms with E-state index < -0.39 is 0 Å². The van der Waals surface area contributed by atoms with Crippen molar-refractivity contribution in [3.05, 3.63) is 0 Å². The van der Waals surface area contributed by atoms with Gasteiger partial charge in [0, 0.05) is 12.3 Å². The Hall–Kier alpha value is -0.660. The number of unbranched alkanes of at least 4 members (excludes halogenated alkanes) is 4. The molecule has 0 aromatic rings. The normalized spacial score (nSPS) is 12.4. The fraction of sp³-hybridized carbons (Fsp3) is 0.818. The molecular weight excluding hydrogens is 164 g/mol. The maximum absolute atomic E-state index is 10.3. The first-order valence-corrected chi connectivity index (χ1v) is 5.07. The van der Waals surface area contributed by atoms with Crippen LogP contribution in [0.3, 0.4) is 0 Å². The number of hydrogen-bond donors (Lipinski definition) is 0. The summed E-state index contributed by atoms with van der Waals surface area (Å²) < 4.78 is 0. The highest BCUT2D eigenvalue weighted by Gasteiger charge is 2.07.